The third kappa shape index (κ3) is 4.10. The molecule has 2 aromatic rings. The van der Waals surface area contributed by atoms with Gasteiger partial charge in [0, 0.05) is 31.7 Å². The number of carbonyl (C=O) groups is 2. The van der Waals surface area contributed by atoms with Crippen LogP contribution in [0.5, 0.6) is 5.75 Å². The molecule has 5 fully saturated rings. The van der Waals surface area contributed by atoms with E-state index in [1.54, 1.807) is 0 Å². The predicted molar refractivity (Wildman–Crippen MR) is 130 cm³/mol. The second kappa shape index (κ2) is 8.75. The van der Waals surface area contributed by atoms with Crippen LogP contribution in [0.4, 0.5) is 0 Å². The summed E-state index contributed by atoms with van der Waals surface area (Å²) in [6, 6.07) is 17.4. The van der Waals surface area contributed by atoms with Gasteiger partial charge in [-0.15, -0.1) is 0 Å². The predicted octanol–water partition coefficient (Wildman–Crippen LogP) is 4.77. The minimum atomic E-state index is -0.0847. The molecule has 0 spiro atoms. The van der Waals surface area contributed by atoms with Crippen LogP contribution in [0, 0.1) is 23.2 Å². The Labute approximate surface area is 202 Å². The monoisotopic (exact) mass is 458 g/mol. The molecule has 2 aromatic carbocycles. The van der Waals surface area contributed by atoms with Gasteiger partial charge in [0.15, 0.2) is 0 Å². The van der Waals surface area contributed by atoms with Gasteiger partial charge in [0.25, 0.3) is 5.91 Å². The molecule has 0 atom stereocenters. The first kappa shape index (κ1) is 21.7. The highest BCUT2D eigenvalue weighted by molar-refractivity contribution is 5.94. The maximum Gasteiger partial charge on any atom is 0.253 e. The van der Waals surface area contributed by atoms with Gasteiger partial charge in [-0.2, -0.15) is 0 Å². The van der Waals surface area contributed by atoms with Crippen molar-refractivity contribution in [3.63, 3.8) is 0 Å². The summed E-state index contributed by atoms with van der Waals surface area (Å²) in [4.78, 5) is 30.7. The molecule has 5 aliphatic rings. The summed E-state index contributed by atoms with van der Waals surface area (Å²) < 4.78 is 5.80. The van der Waals surface area contributed by atoms with Crippen molar-refractivity contribution >= 4 is 11.8 Å². The normalized spacial score (nSPS) is 29.8. The molecule has 34 heavy (non-hydrogen) atoms. The van der Waals surface area contributed by atoms with Crippen molar-refractivity contribution in [3.05, 3.63) is 65.7 Å². The second-order valence-electron chi connectivity index (χ2n) is 11.1. The van der Waals surface area contributed by atoms with Gasteiger partial charge in [-0.05, 0) is 86.1 Å². The van der Waals surface area contributed by atoms with Gasteiger partial charge < -0.3 is 14.5 Å². The first-order valence-electron chi connectivity index (χ1n) is 12.9. The summed E-state index contributed by atoms with van der Waals surface area (Å²) in [7, 11) is 0. The standard InChI is InChI=1S/C29H34N2O3/c32-27(25-8-6-21(7-9-25)20-34-26-4-2-1-3-5-26)30-10-12-31(13-11-30)28(33)29-17-22-14-23(18-29)16-24(15-22)19-29/h1-9,22-24H,10-20H2. The van der Waals surface area contributed by atoms with Crippen LogP contribution in [0.3, 0.4) is 0 Å². The average Bonchev–Trinajstić information content (AvgIpc) is 2.87. The maximum atomic E-state index is 13.6. The zero-order chi connectivity index (χ0) is 23.1. The number of hydrogen-bond donors (Lipinski definition) is 0. The molecule has 4 bridgehead atoms. The van der Waals surface area contributed by atoms with Crippen LogP contribution in [0.1, 0.15) is 54.4 Å². The molecule has 7 rings (SSSR count). The minimum absolute atomic E-state index is 0.0532. The highest BCUT2D eigenvalue weighted by Crippen LogP contribution is 2.60. The molecule has 4 saturated carbocycles. The zero-order valence-corrected chi connectivity index (χ0v) is 19.8. The van der Waals surface area contributed by atoms with E-state index < -0.39 is 0 Å². The molecule has 1 aliphatic heterocycles. The van der Waals surface area contributed by atoms with E-state index in [9.17, 15) is 9.59 Å². The first-order valence-corrected chi connectivity index (χ1v) is 12.9. The third-order valence-corrected chi connectivity index (χ3v) is 8.70. The fourth-order valence-electron chi connectivity index (χ4n) is 7.43. The van der Waals surface area contributed by atoms with Gasteiger partial charge in [-0.3, -0.25) is 9.59 Å². The Hall–Kier alpha value is -2.82. The van der Waals surface area contributed by atoms with Crippen LogP contribution < -0.4 is 4.74 Å². The van der Waals surface area contributed by atoms with E-state index >= 15 is 0 Å². The van der Waals surface area contributed by atoms with Crippen LogP contribution in [0.25, 0.3) is 0 Å². The summed E-state index contributed by atoms with van der Waals surface area (Å²) in [6.07, 6.45) is 7.38. The van der Waals surface area contributed by atoms with E-state index in [-0.39, 0.29) is 11.3 Å². The molecule has 1 saturated heterocycles. The summed E-state index contributed by atoms with van der Waals surface area (Å²) in [5.74, 6) is 3.61. The van der Waals surface area contributed by atoms with E-state index in [1.807, 2.05) is 59.5 Å². The third-order valence-electron chi connectivity index (χ3n) is 8.70. The molecule has 2 amide bonds. The number of rotatable bonds is 5. The number of nitrogens with zero attached hydrogens (tertiary/aromatic N) is 2. The Balaban J connectivity index is 1.03. The van der Waals surface area contributed by atoms with Gasteiger partial charge in [-0.1, -0.05) is 30.3 Å². The summed E-state index contributed by atoms with van der Waals surface area (Å²) in [6.45, 7) is 3.04. The van der Waals surface area contributed by atoms with Crippen LogP contribution in [0.2, 0.25) is 0 Å². The van der Waals surface area contributed by atoms with Gasteiger partial charge >= 0.3 is 0 Å². The van der Waals surface area contributed by atoms with Crippen molar-refractivity contribution in [2.75, 3.05) is 26.2 Å². The smallest absolute Gasteiger partial charge is 0.253 e. The number of carbonyl (C=O) groups excluding carboxylic acids is 2. The number of piperazine rings is 1. The Morgan fingerprint density at radius 3 is 1.91 bits per heavy atom. The summed E-state index contributed by atoms with van der Waals surface area (Å²) in [5.41, 5.74) is 1.65. The van der Waals surface area contributed by atoms with Crippen LogP contribution >= 0.6 is 0 Å². The molecule has 1 heterocycles. The zero-order valence-electron chi connectivity index (χ0n) is 19.8. The lowest BCUT2D eigenvalue weighted by Gasteiger charge is -2.57. The van der Waals surface area contributed by atoms with Crippen molar-refractivity contribution in [2.45, 2.75) is 45.1 Å². The Morgan fingerprint density at radius 1 is 0.765 bits per heavy atom. The lowest BCUT2D eigenvalue weighted by molar-refractivity contribution is -0.159. The van der Waals surface area contributed by atoms with Gasteiger partial charge in [0.2, 0.25) is 5.91 Å². The van der Waals surface area contributed by atoms with Crippen molar-refractivity contribution in [2.24, 2.45) is 23.2 Å². The largest absolute Gasteiger partial charge is 0.489 e. The van der Waals surface area contributed by atoms with Crippen molar-refractivity contribution < 1.29 is 14.3 Å². The highest BCUT2D eigenvalue weighted by atomic mass is 16.5. The minimum Gasteiger partial charge on any atom is -0.489 e. The molecule has 0 radical (unpaired) electrons. The van der Waals surface area contributed by atoms with Crippen LogP contribution in [-0.4, -0.2) is 47.8 Å². The molecule has 5 nitrogen and oxygen atoms in total. The topological polar surface area (TPSA) is 49.9 Å². The van der Waals surface area contributed by atoms with Gasteiger partial charge in [-0.25, -0.2) is 0 Å². The number of benzene rings is 2. The molecular formula is C29H34N2O3. The Morgan fingerprint density at radius 2 is 1.32 bits per heavy atom. The number of hydrogen-bond acceptors (Lipinski definition) is 3. The molecule has 4 aliphatic carbocycles. The lowest BCUT2D eigenvalue weighted by Crippen LogP contribution is -2.58. The van der Waals surface area contributed by atoms with Gasteiger partial charge in [0.1, 0.15) is 12.4 Å². The summed E-state index contributed by atoms with van der Waals surface area (Å²) >= 11 is 0. The molecule has 5 heteroatoms. The van der Waals surface area contributed by atoms with Crippen molar-refractivity contribution in [1.29, 1.82) is 0 Å². The molecule has 178 valence electrons. The quantitative estimate of drug-likeness (QED) is 0.649. The Bertz CT molecular complexity index is 1010. The average molecular weight is 459 g/mol. The number of para-hydroxylation sites is 1. The van der Waals surface area contributed by atoms with Crippen molar-refractivity contribution in [1.82, 2.24) is 9.80 Å². The van der Waals surface area contributed by atoms with E-state index in [0.29, 0.717) is 44.3 Å². The first-order chi connectivity index (χ1) is 16.6. The molecule has 0 unspecified atom stereocenters. The van der Waals surface area contributed by atoms with E-state index in [2.05, 4.69) is 4.90 Å². The fraction of sp³-hybridized carbons (Fsp3) is 0.517. The lowest BCUT2D eigenvalue weighted by atomic mass is 9.49. The number of ether oxygens (including phenoxy) is 1. The summed E-state index contributed by atoms with van der Waals surface area (Å²) in [5, 5.41) is 0. The Kier molecular flexibility index (Phi) is 5.59. The van der Waals surface area contributed by atoms with Crippen molar-refractivity contribution in [3.8, 4) is 5.75 Å². The van der Waals surface area contributed by atoms with Crippen LogP contribution in [0.15, 0.2) is 54.6 Å². The number of amides is 2. The molecule has 0 aromatic heterocycles. The maximum absolute atomic E-state index is 13.6. The molecular weight excluding hydrogens is 424 g/mol. The van der Waals surface area contributed by atoms with Gasteiger partial charge in [0.05, 0.1) is 5.41 Å². The van der Waals surface area contributed by atoms with E-state index in [4.69, 9.17) is 4.74 Å². The fourth-order valence-corrected chi connectivity index (χ4v) is 7.43. The van der Waals surface area contributed by atoms with Crippen LogP contribution in [-0.2, 0) is 11.4 Å². The molecule has 0 N–H and O–H groups in total. The second-order valence-corrected chi connectivity index (χ2v) is 11.1. The van der Waals surface area contributed by atoms with E-state index in [1.165, 1.54) is 19.3 Å². The highest BCUT2D eigenvalue weighted by Gasteiger charge is 2.55. The SMILES string of the molecule is O=C(c1ccc(COc2ccccc2)cc1)N1CCN(C(=O)C23CC4CC(CC(C4)C2)C3)CC1. The van der Waals surface area contributed by atoms with E-state index in [0.717, 1.165) is 48.3 Å².